The highest BCUT2D eigenvalue weighted by Crippen LogP contribution is 2.40. The van der Waals surface area contributed by atoms with Crippen molar-refractivity contribution in [1.29, 1.82) is 0 Å². The Hall–Kier alpha value is -1.62. The molecule has 0 radical (unpaired) electrons. The average Bonchev–Trinajstić information content (AvgIpc) is 2.79. The Balaban J connectivity index is 1.72. The first-order valence-electron chi connectivity index (χ1n) is 7.63. The van der Waals surface area contributed by atoms with Gasteiger partial charge in [-0.15, -0.1) is 0 Å². The Morgan fingerprint density at radius 2 is 1.86 bits per heavy atom. The summed E-state index contributed by atoms with van der Waals surface area (Å²) in [5.41, 5.74) is 2.08. The SMILES string of the molecule is CC(C)(C)c1ccc(S(=O)(=O)N/N=C2/C[C@H]3C=CC[C@H]23)cc1. The molecule has 0 bridgehead atoms. The summed E-state index contributed by atoms with van der Waals surface area (Å²) in [4.78, 5) is 2.64. The van der Waals surface area contributed by atoms with E-state index in [1.54, 1.807) is 12.1 Å². The van der Waals surface area contributed by atoms with Crippen molar-refractivity contribution >= 4 is 15.7 Å². The number of sulfonamides is 1. The molecule has 5 heteroatoms. The van der Waals surface area contributed by atoms with Gasteiger partial charge in [0.2, 0.25) is 0 Å². The zero-order valence-corrected chi connectivity index (χ0v) is 14.0. The Morgan fingerprint density at radius 3 is 2.45 bits per heavy atom. The van der Waals surface area contributed by atoms with Gasteiger partial charge in [-0.3, -0.25) is 0 Å². The van der Waals surface area contributed by atoms with E-state index in [0.717, 1.165) is 24.1 Å². The largest absolute Gasteiger partial charge is 0.276 e. The van der Waals surface area contributed by atoms with Crippen LogP contribution in [0.1, 0.15) is 39.2 Å². The minimum Gasteiger partial charge on any atom is -0.200 e. The molecule has 0 heterocycles. The van der Waals surface area contributed by atoms with E-state index in [4.69, 9.17) is 0 Å². The summed E-state index contributed by atoms with van der Waals surface area (Å²) >= 11 is 0. The van der Waals surface area contributed by atoms with Gasteiger partial charge in [-0.2, -0.15) is 13.5 Å². The van der Waals surface area contributed by atoms with Crippen molar-refractivity contribution in [2.24, 2.45) is 16.9 Å². The summed E-state index contributed by atoms with van der Waals surface area (Å²) in [7, 11) is -3.58. The van der Waals surface area contributed by atoms with Gasteiger partial charge in [-0.1, -0.05) is 45.1 Å². The van der Waals surface area contributed by atoms with E-state index in [1.165, 1.54) is 0 Å². The van der Waals surface area contributed by atoms with Crippen molar-refractivity contribution in [2.75, 3.05) is 0 Å². The summed E-state index contributed by atoms with van der Waals surface area (Å²) in [5.74, 6) is 0.972. The third kappa shape index (κ3) is 2.82. The van der Waals surface area contributed by atoms with Crippen molar-refractivity contribution in [3.8, 4) is 0 Å². The standard InChI is InChI=1S/C17H22N2O2S/c1-17(2,3)13-7-9-14(10-8-13)22(20,21)19-18-16-11-12-5-4-6-15(12)16/h4-5,7-10,12,15,19H,6,11H2,1-3H3/b18-16-/t12-,15+/m1/s1. The smallest absolute Gasteiger partial charge is 0.200 e. The third-order valence-corrected chi connectivity index (χ3v) is 5.73. The molecule has 0 aromatic heterocycles. The number of hydrogen-bond acceptors (Lipinski definition) is 3. The lowest BCUT2D eigenvalue weighted by Crippen LogP contribution is -2.35. The summed E-state index contributed by atoms with van der Waals surface area (Å²) in [6.45, 7) is 6.30. The van der Waals surface area contributed by atoms with Crippen LogP contribution < -0.4 is 4.83 Å². The zero-order valence-electron chi connectivity index (χ0n) is 13.2. The lowest BCUT2D eigenvalue weighted by Gasteiger charge is -2.31. The molecular weight excluding hydrogens is 296 g/mol. The van der Waals surface area contributed by atoms with Crippen molar-refractivity contribution in [1.82, 2.24) is 4.83 Å². The molecule has 1 fully saturated rings. The van der Waals surface area contributed by atoms with Crippen LogP contribution in [0.15, 0.2) is 46.4 Å². The quantitative estimate of drug-likeness (QED) is 0.687. The maximum absolute atomic E-state index is 12.3. The van der Waals surface area contributed by atoms with Crippen molar-refractivity contribution in [2.45, 2.75) is 43.9 Å². The number of allylic oxidation sites excluding steroid dienone is 2. The normalized spacial score (nSPS) is 25.9. The Bertz CT molecular complexity index is 725. The first-order chi connectivity index (χ1) is 10.3. The van der Waals surface area contributed by atoms with Crippen LogP contribution >= 0.6 is 0 Å². The second-order valence-corrected chi connectivity index (χ2v) is 8.77. The highest BCUT2D eigenvalue weighted by atomic mass is 32.2. The van der Waals surface area contributed by atoms with E-state index >= 15 is 0 Å². The fraction of sp³-hybridized carbons (Fsp3) is 0.471. The van der Waals surface area contributed by atoms with Crippen molar-refractivity contribution in [3.05, 3.63) is 42.0 Å². The lowest BCUT2D eigenvalue weighted by atomic mass is 9.74. The molecule has 3 rings (SSSR count). The first kappa shape index (κ1) is 15.3. The lowest BCUT2D eigenvalue weighted by molar-refractivity contribution is 0.463. The first-order valence-corrected chi connectivity index (χ1v) is 9.11. The number of benzene rings is 1. The number of hydrogen-bond donors (Lipinski definition) is 1. The van der Waals surface area contributed by atoms with E-state index in [2.05, 4.69) is 42.9 Å². The van der Waals surface area contributed by atoms with Gasteiger partial charge in [0.15, 0.2) is 0 Å². The second kappa shape index (κ2) is 5.23. The van der Waals surface area contributed by atoms with Gasteiger partial charge in [-0.05, 0) is 41.9 Å². The van der Waals surface area contributed by atoms with Crippen LogP contribution in [-0.4, -0.2) is 14.1 Å². The molecule has 0 unspecified atom stereocenters. The molecule has 1 N–H and O–H groups in total. The minimum absolute atomic E-state index is 0.00631. The van der Waals surface area contributed by atoms with E-state index in [9.17, 15) is 8.42 Å². The van der Waals surface area contributed by atoms with Gasteiger partial charge in [-0.25, -0.2) is 4.83 Å². The molecule has 22 heavy (non-hydrogen) atoms. The molecule has 4 nitrogen and oxygen atoms in total. The van der Waals surface area contributed by atoms with Crippen LogP contribution in [0.4, 0.5) is 0 Å². The molecule has 1 aromatic rings. The summed E-state index contributed by atoms with van der Waals surface area (Å²) in [6.07, 6.45) is 6.19. The predicted octanol–water partition coefficient (Wildman–Crippen LogP) is 3.21. The number of hydrazone groups is 1. The van der Waals surface area contributed by atoms with Gasteiger partial charge in [0.05, 0.1) is 4.90 Å². The van der Waals surface area contributed by atoms with Gasteiger partial charge in [0.25, 0.3) is 10.0 Å². The molecule has 1 saturated carbocycles. The summed E-state index contributed by atoms with van der Waals surface area (Å²) < 4.78 is 24.6. The topological polar surface area (TPSA) is 58.5 Å². The van der Waals surface area contributed by atoms with Crippen LogP contribution in [0.25, 0.3) is 0 Å². The fourth-order valence-electron chi connectivity index (χ4n) is 2.97. The van der Waals surface area contributed by atoms with Gasteiger partial charge in [0.1, 0.15) is 0 Å². The van der Waals surface area contributed by atoms with Crippen LogP contribution in [0.3, 0.4) is 0 Å². The molecule has 2 atom stereocenters. The average molecular weight is 318 g/mol. The minimum atomic E-state index is -3.58. The molecule has 1 aromatic carbocycles. The molecule has 2 aliphatic rings. The maximum atomic E-state index is 12.3. The Morgan fingerprint density at radius 1 is 1.18 bits per heavy atom. The number of fused-ring (bicyclic) bond motifs is 1. The molecule has 2 aliphatic carbocycles. The number of nitrogens with one attached hydrogen (secondary N) is 1. The second-order valence-electron chi connectivity index (χ2n) is 7.11. The van der Waals surface area contributed by atoms with E-state index in [1.807, 2.05) is 12.1 Å². The van der Waals surface area contributed by atoms with E-state index in [-0.39, 0.29) is 10.3 Å². The van der Waals surface area contributed by atoms with E-state index < -0.39 is 10.0 Å². The van der Waals surface area contributed by atoms with Crippen LogP contribution in [0.2, 0.25) is 0 Å². The zero-order chi connectivity index (χ0) is 16.0. The van der Waals surface area contributed by atoms with Gasteiger partial charge in [0, 0.05) is 11.6 Å². The molecule has 0 amide bonds. The molecular formula is C17H22N2O2S. The number of rotatable bonds is 3. The highest BCUT2D eigenvalue weighted by Gasteiger charge is 2.38. The molecule has 118 valence electrons. The third-order valence-electron chi connectivity index (χ3n) is 4.50. The van der Waals surface area contributed by atoms with Crippen molar-refractivity contribution < 1.29 is 8.42 Å². The van der Waals surface area contributed by atoms with Gasteiger partial charge >= 0.3 is 0 Å². The number of nitrogens with zero attached hydrogens (tertiary/aromatic N) is 1. The fourth-order valence-corrected chi connectivity index (χ4v) is 3.81. The molecule has 0 saturated heterocycles. The predicted molar refractivity (Wildman–Crippen MR) is 88.3 cm³/mol. The Labute approximate surface area is 132 Å². The van der Waals surface area contributed by atoms with Crippen LogP contribution in [-0.2, 0) is 15.4 Å². The maximum Gasteiger partial charge on any atom is 0.276 e. The molecule has 0 spiro atoms. The van der Waals surface area contributed by atoms with Gasteiger partial charge < -0.3 is 0 Å². The highest BCUT2D eigenvalue weighted by molar-refractivity contribution is 7.89. The van der Waals surface area contributed by atoms with Crippen LogP contribution in [0.5, 0.6) is 0 Å². The van der Waals surface area contributed by atoms with E-state index in [0.29, 0.717) is 11.8 Å². The molecule has 0 aliphatic heterocycles. The summed E-state index contributed by atoms with van der Waals surface area (Å²) in [6, 6.07) is 7.01. The Kier molecular flexibility index (Phi) is 3.63. The van der Waals surface area contributed by atoms with Crippen LogP contribution in [0, 0.1) is 11.8 Å². The summed E-state index contributed by atoms with van der Waals surface area (Å²) in [5, 5.41) is 4.13. The van der Waals surface area contributed by atoms with Crippen molar-refractivity contribution in [3.63, 3.8) is 0 Å². The monoisotopic (exact) mass is 318 g/mol.